The molecule has 0 N–H and O–H groups in total. The highest BCUT2D eigenvalue weighted by Gasteiger charge is 2.26. The van der Waals surface area contributed by atoms with E-state index in [1.807, 2.05) is 37.8 Å². The number of hydroxylamine groups is 1. The van der Waals surface area contributed by atoms with Crippen molar-refractivity contribution in [2.45, 2.75) is 58.0 Å². The quantitative estimate of drug-likeness (QED) is 0.759. The van der Waals surface area contributed by atoms with E-state index in [0.717, 1.165) is 51.0 Å². The van der Waals surface area contributed by atoms with Crippen LogP contribution in [0.3, 0.4) is 0 Å². The standard InChI is InChI=1S/C20H30N2O4S/c1-20(2,3)25-19(23)21-12-4-6-16(11-14-21)17-7-9-18(10-8-17)22-13-5-15-27(24)26-22/h7-10,16H,4-6,11-15H2,1-3H3. The van der Waals surface area contributed by atoms with Gasteiger partial charge in [-0.1, -0.05) is 12.1 Å². The minimum atomic E-state index is -1.22. The van der Waals surface area contributed by atoms with Gasteiger partial charge in [0.25, 0.3) is 0 Å². The molecule has 1 aromatic rings. The lowest BCUT2D eigenvalue weighted by Gasteiger charge is -2.27. The molecule has 0 spiro atoms. The van der Waals surface area contributed by atoms with Crippen LogP contribution in [0.2, 0.25) is 0 Å². The van der Waals surface area contributed by atoms with E-state index in [-0.39, 0.29) is 6.09 Å². The lowest BCUT2D eigenvalue weighted by Crippen LogP contribution is -2.37. The van der Waals surface area contributed by atoms with Crippen molar-refractivity contribution in [1.29, 1.82) is 0 Å². The summed E-state index contributed by atoms with van der Waals surface area (Å²) in [5.41, 5.74) is 1.76. The Morgan fingerprint density at radius 2 is 1.85 bits per heavy atom. The fourth-order valence-corrected chi connectivity index (χ4v) is 4.33. The van der Waals surface area contributed by atoms with Crippen molar-refractivity contribution in [3.8, 4) is 0 Å². The number of carbonyl (C=O) groups is 1. The summed E-state index contributed by atoms with van der Waals surface area (Å²) < 4.78 is 22.5. The lowest BCUT2D eigenvalue weighted by molar-refractivity contribution is 0.0256. The number of likely N-dealkylation sites (tertiary alicyclic amines) is 1. The van der Waals surface area contributed by atoms with Crippen LogP contribution in [0.15, 0.2) is 24.3 Å². The van der Waals surface area contributed by atoms with Gasteiger partial charge in [-0.15, -0.1) is 0 Å². The number of hydrogen-bond donors (Lipinski definition) is 0. The summed E-state index contributed by atoms with van der Waals surface area (Å²) in [5.74, 6) is 1.04. The molecule has 0 saturated carbocycles. The second kappa shape index (κ2) is 8.61. The Morgan fingerprint density at radius 1 is 1.11 bits per heavy atom. The summed E-state index contributed by atoms with van der Waals surface area (Å²) in [4.78, 5) is 14.1. The van der Waals surface area contributed by atoms with Crippen LogP contribution in [-0.2, 0) is 20.1 Å². The van der Waals surface area contributed by atoms with Gasteiger partial charge < -0.3 is 9.64 Å². The number of carbonyl (C=O) groups excluding carboxylic acids is 1. The molecule has 0 aliphatic carbocycles. The Kier molecular flexibility index (Phi) is 6.42. The average molecular weight is 395 g/mol. The van der Waals surface area contributed by atoms with Gasteiger partial charge in [0.2, 0.25) is 0 Å². The Labute approximate surface area is 164 Å². The molecular formula is C20H30N2O4S. The number of nitrogens with zero attached hydrogens (tertiary/aromatic N) is 2. The van der Waals surface area contributed by atoms with Crippen LogP contribution in [0.5, 0.6) is 0 Å². The van der Waals surface area contributed by atoms with E-state index < -0.39 is 16.7 Å². The molecule has 0 bridgehead atoms. The van der Waals surface area contributed by atoms with Crippen molar-refractivity contribution < 1.29 is 18.0 Å². The Bertz CT molecular complexity index is 672. The van der Waals surface area contributed by atoms with Crippen molar-refractivity contribution in [2.75, 3.05) is 30.5 Å². The van der Waals surface area contributed by atoms with E-state index in [1.54, 1.807) is 5.06 Å². The molecule has 2 atom stereocenters. The van der Waals surface area contributed by atoms with Crippen molar-refractivity contribution in [3.63, 3.8) is 0 Å². The number of rotatable bonds is 2. The average Bonchev–Trinajstić information content (AvgIpc) is 2.87. The first kappa shape index (κ1) is 20.1. The third-order valence-corrected chi connectivity index (χ3v) is 5.85. The predicted molar refractivity (Wildman–Crippen MR) is 107 cm³/mol. The first-order valence-electron chi connectivity index (χ1n) is 9.74. The van der Waals surface area contributed by atoms with Crippen LogP contribution in [0.1, 0.15) is 57.9 Å². The van der Waals surface area contributed by atoms with Gasteiger partial charge in [-0.3, -0.25) is 0 Å². The summed E-state index contributed by atoms with van der Waals surface area (Å²) in [6.45, 7) is 7.92. The Balaban J connectivity index is 1.59. The minimum absolute atomic E-state index is 0.214. The molecule has 2 fully saturated rings. The molecule has 1 aromatic carbocycles. The van der Waals surface area contributed by atoms with Crippen LogP contribution in [-0.4, -0.2) is 46.2 Å². The monoisotopic (exact) mass is 394 g/mol. The molecule has 2 aliphatic rings. The van der Waals surface area contributed by atoms with E-state index in [1.165, 1.54) is 5.56 Å². The third-order valence-electron chi connectivity index (χ3n) is 4.88. The van der Waals surface area contributed by atoms with Gasteiger partial charge in [0, 0.05) is 19.6 Å². The highest BCUT2D eigenvalue weighted by molar-refractivity contribution is 7.80. The summed E-state index contributed by atoms with van der Waals surface area (Å²) in [7, 11) is 0. The van der Waals surface area contributed by atoms with Gasteiger partial charge >= 0.3 is 6.09 Å². The molecule has 3 rings (SSSR count). The Morgan fingerprint density at radius 3 is 2.52 bits per heavy atom. The molecule has 0 radical (unpaired) electrons. The maximum Gasteiger partial charge on any atom is 0.410 e. The molecular weight excluding hydrogens is 364 g/mol. The first-order valence-corrected chi connectivity index (χ1v) is 11.0. The number of ether oxygens (including phenoxy) is 1. The molecule has 2 aliphatic heterocycles. The van der Waals surface area contributed by atoms with Gasteiger partial charge in [0.15, 0.2) is 11.1 Å². The van der Waals surface area contributed by atoms with Gasteiger partial charge in [0.05, 0.1) is 11.4 Å². The van der Waals surface area contributed by atoms with E-state index in [9.17, 15) is 9.00 Å². The summed E-state index contributed by atoms with van der Waals surface area (Å²) >= 11 is -1.22. The maximum atomic E-state index is 12.3. The number of benzene rings is 1. The number of anilines is 1. The number of amides is 1. The van der Waals surface area contributed by atoms with E-state index in [0.29, 0.717) is 11.7 Å². The molecule has 7 heteroatoms. The largest absolute Gasteiger partial charge is 0.444 e. The minimum Gasteiger partial charge on any atom is -0.444 e. The van der Waals surface area contributed by atoms with Gasteiger partial charge in [-0.05, 0) is 70.1 Å². The molecule has 2 saturated heterocycles. The van der Waals surface area contributed by atoms with Crippen molar-refractivity contribution >= 4 is 22.9 Å². The predicted octanol–water partition coefficient (Wildman–Crippen LogP) is 4.00. The molecule has 2 unspecified atom stereocenters. The molecule has 0 aromatic heterocycles. The van der Waals surface area contributed by atoms with Crippen LogP contribution >= 0.6 is 0 Å². The van der Waals surface area contributed by atoms with E-state index in [4.69, 9.17) is 9.02 Å². The van der Waals surface area contributed by atoms with E-state index in [2.05, 4.69) is 12.1 Å². The fourth-order valence-electron chi connectivity index (χ4n) is 3.52. The van der Waals surface area contributed by atoms with Crippen molar-refractivity contribution in [1.82, 2.24) is 4.90 Å². The Hall–Kier alpha value is -1.60. The maximum absolute atomic E-state index is 12.3. The highest BCUT2D eigenvalue weighted by Crippen LogP contribution is 2.30. The van der Waals surface area contributed by atoms with Crippen LogP contribution in [0.25, 0.3) is 0 Å². The van der Waals surface area contributed by atoms with Crippen LogP contribution < -0.4 is 5.06 Å². The van der Waals surface area contributed by atoms with Crippen LogP contribution in [0, 0.1) is 0 Å². The van der Waals surface area contributed by atoms with Gasteiger partial charge in [-0.2, -0.15) is 4.28 Å². The smallest absolute Gasteiger partial charge is 0.410 e. The topological polar surface area (TPSA) is 59.1 Å². The number of hydrogen-bond acceptors (Lipinski definition) is 5. The summed E-state index contributed by atoms with van der Waals surface area (Å²) in [6, 6.07) is 8.33. The third kappa shape index (κ3) is 5.69. The van der Waals surface area contributed by atoms with E-state index >= 15 is 0 Å². The fraction of sp³-hybridized carbons (Fsp3) is 0.650. The zero-order valence-corrected chi connectivity index (χ0v) is 17.3. The highest BCUT2D eigenvalue weighted by atomic mass is 32.2. The second-order valence-electron chi connectivity index (χ2n) is 8.22. The van der Waals surface area contributed by atoms with Gasteiger partial charge in [0.1, 0.15) is 5.60 Å². The SMILES string of the molecule is CC(C)(C)OC(=O)N1CCCC(c2ccc(N3CCCS(=O)O3)cc2)CC1. The summed E-state index contributed by atoms with van der Waals surface area (Å²) in [6.07, 6.45) is 3.62. The molecule has 6 nitrogen and oxygen atoms in total. The molecule has 2 heterocycles. The van der Waals surface area contributed by atoms with Gasteiger partial charge in [-0.25, -0.2) is 14.1 Å². The summed E-state index contributed by atoms with van der Waals surface area (Å²) in [5, 5.41) is 1.72. The normalized spacial score (nSPS) is 24.4. The van der Waals surface area contributed by atoms with Crippen molar-refractivity contribution in [3.05, 3.63) is 29.8 Å². The zero-order valence-electron chi connectivity index (χ0n) is 16.5. The molecule has 150 valence electrons. The van der Waals surface area contributed by atoms with Crippen molar-refractivity contribution in [2.24, 2.45) is 0 Å². The molecule has 27 heavy (non-hydrogen) atoms. The first-order chi connectivity index (χ1) is 12.8. The van der Waals surface area contributed by atoms with Crippen LogP contribution in [0.4, 0.5) is 10.5 Å². The second-order valence-corrected chi connectivity index (χ2v) is 9.39. The lowest BCUT2D eigenvalue weighted by atomic mass is 9.92. The zero-order chi connectivity index (χ0) is 19.4. The molecule has 1 amide bonds.